The number of hydrogen-bond acceptors (Lipinski definition) is 2. The molecule has 0 fully saturated rings. The highest BCUT2D eigenvalue weighted by molar-refractivity contribution is 6.04. The maximum atomic E-state index is 14.3. The Labute approximate surface area is 256 Å². The van der Waals surface area contributed by atoms with Crippen molar-refractivity contribution >= 4 is 43.6 Å². The molecule has 44 heavy (non-hydrogen) atoms. The maximum absolute atomic E-state index is 14.3. The number of nitrogens with zero attached hydrogens (tertiary/aromatic N) is 2. The van der Waals surface area contributed by atoms with Gasteiger partial charge in [0.1, 0.15) is 0 Å². The SMILES string of the molecule is CCCCn1c2ccc(-c3ccccc3)cc2c(=O)c2cc3c(cc21)c(=O)c1cc(-c2ccccc2)ccc1n3CCCC. The van der Waals surface area contributed by atoms with Gasteiger partial charge in [0.15, 0.2) is 10.9 Å². The molecule has 4 heteroatoms. The molecule has 218 valence electrons. The van der Waals surface area contributed by atoms with Crippen LogP contribution in [0, 0.1) is 0 Å². The number of aryl methyl sites for hydroxylation is 2. The highest BCUT2D eigenvalue weighted by atomic mass is 16.1. The van der Waals surface area contributed by atoms with E-state index in [9.17, 15) is 9.59 Å². The topological polar surface area (TPSA) is 44.0 Å². The zero-order chi connectivity index (χ0) is 30.2. The number of hydrogen-bond donors (Lipinski definition) is 0. The van der Waals surface area contributed by atoms with Crippen molar-refractivity contribution < 1.29 is 0 Å². The Kier molecular flexibility index (Phi) is 7.35. The van der Waals surface area contributed by atoms with Crippen molar-refractivity contribution in [1.29, 1.82) is 0 Å². The number of unbranched alkanes of at least 4 members (excludes halogenated alkanes) is 2. The summed E-state index contributed by atoms with van der Waals surface area (Å²) in [6, 6.07) is 36.8. The fraction of sp³-hybridized carbons (Fsp3) is 0.200. The first-order valence-electron chi connectivity index (χ1n) is 15.8. The van der Waals surface area contributed by atoms with Gasteiger partial charge in [-0.25, -0.2) is 0 Å². The molecule has 4 nitrogen and oxygen atoms in total. The molecule has 2 aromatic heterocycles. The molecular weight excluding hydrogens is 540 g/mol. The van der Waals surface area contributed by atoms with E-state index in [4.69, 9.17) is 0 Å². The van der Waals surface area contributed by atoms with Gasteiger partial charge in [-0.15, -0.1) is 0 Å². The molecular formula is C40H36N2O2. The number of aromatic nitrogens is 2. The van der Waals surface area contributed by atoms with Crippen molar-refractivity contribution in [3.05, 3.63) is 130 Å². The molecule has 5 aromatic carbocycles. The van der Waals surface area contributed by atoms with Gasteiger partial charge in [0, 0.05) is 34.6 Å². The van der Waals surface area contributed by atoms with Gasteiger partial charge in [0.25, 0.3) is 0 Å². The molecule has 2 heterocycles. The smallest absolute Gasteiger partial charge is 0.197 e. The van der Waals surface area contributed by atoms with E-state index in [2.05, 4.69) is 71.5 Å². The molecule has 0 saturated heterocycles. The van der Waals surface area contributed by atoms with Gasteiger partial charge in [0.2, 0.25) is 0 Å². The standard InChI is InChI=1S/C40H36N2O2/c1-3-5-21-41-35-19-17-29(27-13-9-7-10-14-27)23-31(35)39(43)33-26-38-34(25-37(33)41)40(44)32-24-30(28-15-11-8-12-16-28)18-20-36(32)42(38)22-6-4-2/h7-20,23-26H,3-6,21-22H2,1-2H3. The number of fused-ring (bicyclic) bond motifs is 4. The van der Waals surface area contributed by atoms with Crippen LogP contribution < -0.4 is 10.9 Å². The second-order valence-electron chi connectivity index (χ2n) is 11.8. The molecule has 0 N–H and O–H groups in total. The highest BCUT2D eigenvalue weighted by Crippen LogP contribution is 2.31. The summed E-state index contributed by atoms with van der Waals surface area (Å²) in [5.41, 5.74) is 7.72. The van der Waals surface area contributed by atoms with E-state index in [-0.39, 0.29) is 10.9 Å². The van der Waals surface area contributed by atoms with Gasteiger partial charge in [-0.05, 0) is 71.5 Å². The third kappa shape index (κ3) is 4.71. The Morgan fingerprint density at radius 3 is 1.20 bits per heavy atom. The van der Waals surface area contributed by atoms with Crippen LogP contribution in [0.15, 0.2) is 119 Å². The van der Waals surface area contributed by atoms with Gasteiger partial charge in [-0.2, -0.15) is 0 Å². The summed E-state index contributed by atoms with van der Waals surface area (Å²) in [6.45, 7) is 5.91. The van der Waals surface area contributed by atoms with Crippen LogP contribution in [0.3, 0.4) is 0 Å². The monoisotopic (exact) mass is 576 g/mol. The molecule has 0 spiro atoms. The molecule has 7 rings (SSSR count). The van der Waals surface area contributed by atoms with Crippen LogP contribution in [0.2, 0.25) is 0 Å². The summed E-state index contributed by atoms with van der Waals surface area (Å²) >= 11 is 0. The van der Waals surface area contributed by atoms with Crippen LogP contribution in [0.1, 0.15) is 39.5 Å². The predicted octanol–water partition coefficient (Wildman–Crippen LogP) is 9.56. The van der Waals surface area contributed by atoms with Crippen molar-refractivity contribution in [2.75, 3.05) is 0 Å². The van der Waals surface area contributed by atoms with Gasteiger partial charge >= 0.3 is 0 Å². The lowest BCUT2D eigenvalue weighted by Crippen LogP contribution is -2.16. The summed E-state index contributed by atoms with van der Waals surface area (Å²) < 4.78 is 4.51. The summed E-state index contributed by atoms with van der Waals surface area (Å²) in [6.07, 6.45) is 4.01. The first-order chi connectivity index (χ1) is 21.6. The zero-order valence-corrected chi connectivity index (χ0v) is 25.3. The quantitative estimate of drug-likeness (QED) is 0.169. The molecule has 0 atom stereocenters. The van der Waals surface area contributed by atoms with E-state index in [0.717, 1.165) is 83.1 Å². The first-order valence-corrected chi connectivity index (χ1v) is 15.8. The minimum atomic E-state index is 0.0106. The minimum absolute atomic E-state index is 0.0106. The van der Waals surface area contributed by atoms with E-state index >= 15 is 0 Å². The molecule has 0 aliphatic rings. The second-order valence-corrected chi connectivity index (χ2v) is 11.8. The molecule has 7 aromatic rings. The lowest BCUT2D eigenvalue weighted by Gasteiger charge is -2.19. The van der Waals surface area contributed by atoms with Crippen LogP contribution in [0.25, 0.3) is 65.9 Å². The van der Waals surface area contributed by atoms with Crippen molar-refractivity contribution in [1.82, 2.24) is 9.13 Å². The normalized spacial score (nSPS) is 11.7. The van der Waals surface area contributed by atoms with E-state index < -0.39 is 0 Å². The molecule has 0 aliphatic carbocycles. The third-order valence-electron chi connectivity index (χ3n) is 8.93. The van der Waals surface area contributed by atoms with Crippen LogP contribution >= 0.6 is 0 Å². The Morgan fingerprint density at radius 2 is 0.818 bits per heavy atom. The average Bonchev–Trinajstić information content (AvgIpc) is 3.08. The van der Waals surface area contributed by atoms with Gasteiger partial charge < -0.3 is 9.13 Å². The third-order valence-corrected chi connectivity index (χ3v) is 8.93. The molecule has 0 saturated carbocycles. The number of rotatable bonds is 8. The highest BCUT2D eigenvalue weighted by Gasteiger charge is 2.18. The molecule has 0 radical (unpaired) electrons. The lowest BCUT2D eigenvalue weighted by molar-refractivity contribution is 0.660. The van der Waals surface area contributed by atoms with E-state index in [1.807, 2.05) is 60.7 Å². The number of pyridine rings is 2. The van der Waals surface area contributed by atoms with Gasteiger partial charge in [-0.3, -0.25) is 9.59 Å². The molecule has 0 unspecified atom stereocenters. The van der Waals surface area contributed by atoms with E-state index in [1.54, 1.807) is 0 Å². The average molecular weight is 577 g/mol. The van der Waals surface area contributed by atoms with E-state index in [1.165, 1.54) is 0 Å². The van der Waals surface area contributed by atoms with Crippen LogP contribution in [0.4, 0.5) is 0 Å². The van der Waals surface area contributed by atoms with Crippen molar-refractivity contribution in [3.63, 3.8) is 0 Å². The minimum Gasteiger partial charge on any atom is -0.340 e. The van der Waals surface area contributed by atoms with Crippen molar-refractivity contribution in [2.45, 2.75) is 52.6 Å². The fourth-order valence-corrected chi connectivity index (χ4v) is 6.58. The van der Waals surface area contributed by atoms with Gasteiger partial charge in [0.05, 0.1) is 22.1 Å². The fourth-order valence-electron chi connectivity index (χ4n) is 6.58. The lowest BCUT2D eigenvalue weighted by atomic mass is 9.99. The molecule has 0 aliphatic heterocycles. The predicted molar refractivity (Wildman–Crippen MR) is 186 cm³/mol. The van der Waals surface area contributed by atoms with Crippen LogP contribution in [-0.4, -0.2) is 9.13 Å². The van der Waals surface area contributed by atoms with Crippen molar-refractivity contribution in [3.8, 4) is 22.3 Å². The Bertz CT molecular complexity index is 2120. The van der Waals surface area contributed by atoms with Crippen molar-refractivity contribution in [2.24, 2.45) is 0 Å². The Morgan fingerprint density at radius 1 is 0.432 bits per heavy atom. The molecule has 0 bridgehead atoms. The zero-order valence-electron chi connectivity index (χ0n) is 25.3. The molecule has 0 amide bonds. The Hall–Kier alpha value is -4.96. The second kappa shape index (κ2) is 11.6. The number of benzene rings is 5. The largest absolute Gasteiger partial charge is 0.340 e. The summed E-state index contributed by atoms with van der Waals surface area (Å²) in [7, 11) is 0. The summed E-state index contributed by atoms with van der Waals surface area (Å²) in [5.74, 6) is 0. The summed E-state index contributed by atoms with van der Waals surface area (Å²) in [4.78, 5) is 28.6. The van der Waals surface area contributed by atoms with Crippen LogP contribution in [-0.2, 0) is 13.1 Å². The summed E-state index contributed by atoms with van der Waals surface area (Å²) in [5, 5.41) is 2.75. The maximum Gasteiger partial charge on any atom is 0.197 e. The van der Waals surface area contributed by atoms with Gasteiger partial charge in [-0.1, -0.05) is 99.5 Å². The Balaban J connectivity index is 1.57. The van der Waals surface area contributed by atoms with Crippen LogP contribution in [0.5, 0.6) is 0 Å². The first kappa shape index (κ1) is 27.8. The van der Waals surface area contributed by atoms with E-state index in [0.29, 0.717) is 21.5 Å².